The lowest BCUT2D eigenvalue weighted by Gasteiger charge is -2.05. The highest BCUT2D eigenvalue weighted by Crippen LogP contribution is 2.03. The van der Waals surface area contributed by atoms with Crippen molar-refractivity contribution >= 4 is 5.78 Å². The lowest BCUT2D eigenvalue weighted by molar-refractivity contribution is -0.764. The zero-order valence-electron chi connectivity index (χ0n) is 8.86. The van der Waals surface area contributed by atoms with E-state index in [9.17, 15) is 25.0 Å². The number of ketones is 1. The van der Waals surface area contributed by atoms with Crippen LogP contribution in [0, 0.1) is 20.2 Å². The van der Waals surface area contributed by atoms with E-state index in [1.165, 1.54) is 19.9 Å². The van der Waals surface area contributed by atoms with E-state index in [1.807, 2.05) is 0 Å². The number of hydrogen-bond acceptors (Lipinski definition) is 6. The van der Waals surface area contributed by atoms with Crippen molar-refractivity contribution in [3.05, 3.63) is 32.4 Å². The molecule has 0 aromatic carbocycles. The van der Waals surface area contributed by atoms with E-state index in [-0.39, 0.29) is 12.2 Å². The van der Waals surface area contributed by atoms with Gasteiger partial charge in [-0.2, -0.15) is 0 Å². The summed E-state index contributed by atoms with van der Waals surface area (Å²) in [5.74, 6) is -0.325. The van der Waals surface area contributed by atoms with Gasteiger partial charge in [-0.25, -0.2) is 0 Å². The van der Waals surface area contributed by atoms with E-state index in [2.05, 4.69) is 4.84 Å². The van der Waals surface area contributed by atoms with Crippen LogP contribution < -0.4 is 0 Å². The smallest absolute Gasteiger partial charge is 0.295 e. The van der Waals surface area contributed by atoms with Crippen LogP contribution in [0.25, 0.3) is 0 Å². The Morgan fingerprint density at radius 1 is 1.38 bits per heavy atom. The third-order valence-electron chi connectivity index (χ3n) is 1.62. The molecular weight excluding hydrogens is 220 g/mol. The molecule has 2 atom stereocenters. The van der Waals surface area contributed by atoms with Crippen LogP contribution >= 0.6 is 0 Å². The molecule has 0 aromatic rings. The standard InChI is InChI=1S/C8H12N2O6/c1-6(11)5-8(9(12)13)4-3-7(2)16-10(14)15/h3-4,7-8H,5H2,1-2H3/b4-3+. The average Bonchev–Trinajstić information content (AvgIpc) is 2.09. The average molecular weight is 232 g/mol. The van der Waals surface area contributed by atoms with Crippen LogP contribution in [0.5, 0.6) is 0 Å². The van der Waals surface area contributed by atoms with E-state index in [4.69, 9.17) is 0 Å². The predicted molar refractivity (Wildman–Crippen MR) is 52.8 cm³/mol. The topological polar surface area (TPSA) is 113 Å². The molecule has 0 aromatic heterocycles. The maximum atomic E-state index is 10.7. The summed E-state index contributed by atoms with van der Waals surface area (Å²) >= 11 is 0. The Balaban J connectivity index is 4.38. The van der Waals surface area contributed by atoms with Gasteiger partial charge in [0.1, 0.15) is 11.9 Å². The first kappa shape index (κ1) is 14.0. The summed E-state index contributed by atoms with van der Waals surface area (Å²) in [6, 6.07) is -1.17. The maximum Gasteiger partial charge on any atom is 0.295 e. The molecule has 8 heteroatoms. The van der Waals surface area contributed by atoms with Gasteiger partial charge in [0.05, 0.1) is 6.42 Å². The van der Waals surface area contributed by atoms with Gasteiger partial charge in [0.25, 0.3) is 5.09 Å². The summed E-state index contributed by atoms with van der Waals surface area (Å²) in [6.45, 7) is 2.60. The van der Waals surface area contributed by atoms with Gasteiger partial charge in [-0.1, -0.05) is 6.08 Å². The molecule has 0 spiro atoms. The van der Waals surface area contributed by atoms with Gasteiger partial charge >= 0.3 is 0 Å². The van der Waals surface area contributed by atoms with Crippen LogP contribution in [0.15, 0.2) is 12.2 Å². The van der Waals surface area contributed by atoms with E-state index in [1.54, 1.807) is 0 Å². The number of nitro groups is 1. The van der Waals surface area contributed by atoms with Crippen LogP contribution in [-0.4, -0.2) is 27.9 Å². The first-order valence-corrected chi connectivity index (χ1v) is 4.45. The van der Waals surface area contributed by atoms with Crippen molar-refractivity contribution in [3.8, 4) is 0 Å². The summed E-state index contributed by atoms with van der Waals surface area (Å²) in [4.78, 5) is 34.6. The van der Waals surface area contributed by atoms with E-state index in [0.29, 0.717) is 0 Å². The Labute approximate surface area is 91.1 Å². The minimum Gasteiger partial charge on any atom is -0.307 e. The fourth-order valence-electron chi connectivity index (χ4n) is 0.963. The van der Waals surface area contributed by atoms with Gasteiger partial charge in [0.2, 0.25) is 6.04 Å². The fraction of sp³-hybridized carbons (Fsp3) is 0.625. The van der Waals surface area contributed by atoms with Crippen LogP contribution in [0.3, 0.4) is 0 Å². The Kier molecular flexibility index (Phi) is 5.68. The van der Waals surface area contributed by atoms with Crippen LogP contribution in [0.4, 0.5) is 0 Å². The lowest BCUT2D eigenvalue weighted by atomic mass is 10.1. The SMILES string of the molecule is CC(=O)CC(/C=C/C(C)O[N+](=O)[O-])[N+](=O)[O-]. The third kappa shape index (κ3) is 6.46. The lowest BCUT2D eigenvalue weighted by Crippen LogP contribution is -2.20. The quantitative estimate of drug-likeness (QED) is 0.364. The van der Waals surface area contributed by atoms with Crippen molar-refractivity contribution in [2.75, 3.05) is 0 Å². The molecule has 0 radical (unpaired) electrons. The second-order valence-corrected chi connectivity index (χ2v) is 3.18. The Hall–Kier alpha value is -1.99. The van der Waals surface area contributed by atoms with Gasteiger partial charge in [-0.3, -0.25) is 14.9 Å². The number of carbonyl (C=O) groups excluding carboxylic acids is 1. The van der Waals surface area contributed by atoms with Gasteiger partial charge in [-0.05, 0) is 19.9 Å². The van der Waals surface area contributed by atoms with Crippen LogP contribution in [-0.2, 0) is 9.63 Å². The molecule has 8 nitrogen and oxygen atoms in total. The van der Waals surface area contributed by atoms with Crippen molar-refractivity contribution in [1.29, 1.82) is 0 Å². The molecule has 0 N–H and O–H groups in total. The number of nitrogens with zero attached hydrogens (tertiary/aromatic N) is 2. The molecule has 0 aliphatic carbocycles. The van der Waals surface area contributed by atoms with Gasteiger partial charge in [-0.15, -0.1) is 10.1 Å². The summed E-state index contributed by atoms with van der Waals surface area (Å²) < 4.78 is 0. The van der Waals surface area contributed by atoms with Crippen molar-refractivity contribution in [2.45, 2.75) is 32.4 Å². The number of Topliss-reactive ketones (excluding diaryl/α,β-unsaturated/α-hetero) is 1. The molecule has 0 saturated heterocycles. The van der Waals surface area contributed by atoms with Crippen LogP contribution in [0.1, 0.15) is 20.3 Å². The zero-order chi connectivity index (χ0) is 12.7. The van der Waals surface area contributed by atoms with Crippen LogP contribution in [0.2, 0.25) is 0 Å². The molecule has 0 heterocycles. The highest BCUT2D eigenvalue weighted by molar-refractivity contribution is 5.76. The predicted octanol–water partition coefficient (Wildman–Crippen LogP) is 0.764. The van der Waals surface area contributed by atoms with Gasteiger partial charge < -0.3 is 4.84 Å². The Morgan fingerprint density at radius 3 is 2.31 bits per heavy atom. The van der Waals surface area contributed by atoms with Crippen molar-refractivity contribution in [1.82, 2.24) is 0 Å². The fourth-order valence-corrected chi connectivity index (χ4v) is 0.963. The monoisotopic (exact) mass is 232 g/mol. The third-order valence-corrected chi connectivity index (χ3v) is 1.62. The molecule has 0 saturated carbocycles. The number of hydrogen-bond donors (Lipinski definition) is 0. The summed E-state index contributed by atoms with van der Waals surface area (Å²) in [7, 11) is 0. The minimum atomic E-state index is -1.17. The van der Waals surface area contributed by atoms with Gasteiger partial charge in [0.15, 0.2) is 0 Å². The molecule has 0 aliphatic heterocycles. The molecule has 16 heavy (non-hydrogen) atoms. The molecule has 0 bridgehead atoms. The second kappa shape index (κ2) is 6.49. The highest BCUT2D eigenvalue weighted by atomic mass is 17.0. The van der Waals surface area contributed by atoms with E-state index < -0.39 is 22.2 Å². The Bertz CT molecular complexity index is 314. The maximum absolute atomic E-state index is 10.7. The molecule has 0 amide bonds. The second-order valence-electron chi connectivity index (χ2n) is 3.18. The summed E-state index contributed by atoms with van der Waals surface area (Å²) in [5, 5.41) is 19.4. The molecular formula is C8H12N2O6. The van der Waals surface area contributed by atoms with Crippen molar-refractivity contribution in [3.63, 3.8) is 0 Å². The molecule has 2 unspecified atom stereocenters. The summed E-state index contributed by atoms with van der Waals surface area (Å²) in [6.07, 6.45) is 1.17. The first-order valence-electron chi connectivity index (χ1n) is 4.45. The normalized spacial score (nSPS) is 14.4. The van der Waals surface area contributed by atoms with E-state index >= 15 is 0 Å². The minimum absolute atomic E-state index is 0.241. The van der Waals surface area contributed by atoms with Crippen molar-refractivity contribution in [2.24, 2.45) is 0 Å². The largest absolute Gasteiger partial charge is 0.307 e. The summed E-state index contributed by atoms with van der Waals surface area (Å²) in [5.41, 5.74) is 0. The number of carbonyl (C=O) groups is 1. The van der Waals surface area contributed by atoms with Crippen molar-refractivity contribution < 1.29 is 19.6 Å². The molecule has 0 rings (SSSR count). The zero-order valence-corrected chi connectivity index (χ0v) is 8.86. The first-order chi connectivity index (χ1) is 7.32. The number of rotatable bonds is 7. The Morgan fingerprint density at radius 2 is 1.94 bits per heavy atom. The highest BCUT2D eigenvalue weighted by Gasteiger charge is 2.18. The molecule has 0 fully saturated rings. The van der Waals surface area contributed by atoms with E-state index in [0.717, 1.165) is 6.08 Å². The molecule has 90 valence electrons. The van der Waals surface area contributed by atoms with Gasteiger partial charge in [0, 0.05) is 4.92 Å². The molecule has 0 aliphatic rings.